The number of alkyl halides is 3. The van der Waals surface area contributed by atoms with E-state index < -0.39 is 36.2 Å². The average molecular weight is 809 g/mol. The number of esters is 1. The lowest BCUT2D eigenvalue weighted by molar-refractivity contribution is -0.155. The van der Waals surface area contributed by atoms with Crippen molar-refractivity contribution in [3.8, 4) is 22.5 Å². The molecule has 6 bridgehead atoms. The van der Waals surface area contributed by atoms with E-state index in [2.05, 4.69) is 15.2 Å². The number of morpholine rings is 1. The second-order valence-corrected chi connectivity index (χ2v) is 17.9. The summed E-state index contributed by atoms with van der Waals surface area (Å²) in [7, 11) is 0. The van der Waals surface area contributed by atoms with Crippen LogP contribution >= 0.6 is 11.3 Å². The maximum atomic E-state index is 14.8. The van der Waals surface area contributed by atoms with Crippen molar-refractivity contribution in [3.05, 3.63) is 52.1 Å². The maximum Gasteiger partial charge on any atom is 0.406 e. The Labute approximate surface area is 334 Å². The van der Waals surface area contributed by atoms with Crippen LogP contribution in [-0.2, 0) is 38.4 Å². The van der Waals surface area contributed by atoms with Crippen LogP contribution in [0.4, 0.5) is 18.9 Å². The molecule has 3 N–H and O–H groups in total. The van der Waals surface area contributed by atoms with Crippen molar-refractivity contribution in [2.45, 2.75) is 90.1 Å². The number of halogens is 3. The number of hydrogen-bond acceptors (Lipinski definition) is 11. The van der Waals surface area contributed by atoms with Crippen molar-refractivity contribution in [3.63, 3.8) is 0 Å². The summed E-state index contributed by atoms with van der Waals surface area (Å²) in [6.45, 7) is 11.7. The largest absolute Gasteiger partial charge is 0.464 e. The molecule has 4 aromatic rings. The van der Waals surface area contributed by atoms with E-state index in [9.17, 15) is 22.8 Å². The van der Waals surface area contributed by atoms with E-state index in [-0.39, 0.29) is 30.9 Å². The first-order chi connectivity index (χ1) is 27.1. The van der Waals surface area contributed by atoms with Crippen LogP contribution in [0.5, 0.6) is 0 Å². The topological polar surface area (TPSA) is 131 Å². The molecule has 16 heteroatoms. The molecule has 0 saturated carbocycles. The Morgan fingerprint density at radius 3 is 2.74 bits per heavy atom. The number of nitrogens with zero attached hydrogens (tertiary/aromatic N) is 6. The fourth-order valence-corrected chi connectivity index (χ4v) is 9.57. The number of anilines is 1. The lowest BCUT2D eigenvalue weighted by Crippen LogP contribution is -2.59. The summed E-state index contributed by atoms with van der Waals surface area (Å²) in [5.74, 6) is -0.927. The molecule has 0 unspecified atom stereocenters. The molecule has 4 aliphatic heterocycles. The third-order valence-electron chi connectivity index (χ3n) is 11.6. The van der Waals surface area contributed by atoms with Crippen LogP contribution in [0.15, 0.2) is 35.8 Å². The standard InChI is InChI=1S/C41H51F3N8O4S/c1-24(2)36-29(15-26(18-46-36)50-11-10-49-12-13-55-20-27(49)19-50)37-30-17-40(3,4)23-56-39(54)32-6-5-9-52(48-32)38(53)31(45)16-35-47-33(21-57-35)25-7-8-34(28(30)14-25)51(37)22-41(42,43)44/h7-8,14-15,18,21,24,27,31-32,48H,5-6,9-13,16-17,19-20,22-23,45H2,1-4H3/t27-,31-,32-/m0/s1. The number of amides is 1. The minimum atomic E-state index is -4.53. The number of ether oxygens (including phenoxy) is 2. The Morgan fingerprint density at radius 2 is 1.95 bits per heavy atom. The van der Waals surface area contributed by atoms with Gasteiger partial charge < -0.3 is 24.7 Å². The summed E-state index contributed by atoms with van der Waals surface area (Å²) in [6, 6.07) is 6.08. The number of nitrogens with two attached hydrogens (primary N) is 1. The van der Waals surface area contributed by atoms with Crippen LogP contribution in [0.1, 0.15) is 62.7 Å². The molecule has 7 heterocycles. The first-order valence-electron chi connectivity index (χ1n) is 19.9. The fraction of sp³-hybridized carbons (Fsp3) is 0.561. The SMILES string of the molecule is CC(C)c1ncc(N2CCN3CCOC[C@@H]3C2)cc1-c1c2c3cc(ccc3n1CC(F)(F)F)-c1csc(n1)C[C@H](N)C(=O)N1CCC[C@H](N1)C(=O)OCC(C)(C)C2. The van der Waals surface area contributed by atoms with Gasteiger partial charge in [-0.1, -0.05) is 33.8 Å². The van der Waals surface area contributed by atoms with Gasteiger partial charge in [-0.25, -0.2) is 10.4 Å². The van der Waals surface area contributed by atoms with Crippen molar-refractivity contribution in [1.29, 1.82) is 0 Å². The molecule has 1 aromatic carbocycles. The first kappa shape index (κ1) is 39.7. The quantitative estimate of drug-likeness (QED) is 0.254. The Bertz CT molecular complexity index is 2150. The van der Waals surface area contributed by atoms with Crippen LogP contribution in [0, 0.1) is 5.41 Å². The molecule has 3 saturated heterocycles. The zero-order valence-electron chi connectivity index (χ0n) is 32.9. The van der Waals surface area contributed by atoms with E-state index in [0.717, 1.165) is 43.0 Å². The Hall–Kier alpha value is -4.09. The zero-order valence-corrected chi connectivity index (χ0v) is 33.7. The van der Waals surface area contributed by atoms with Gasteiger partial charge in [0.25, 0.3) is 5.91 Å². The van der Waals surface area contributed by atoms with Gasteiger partial charge in [0.15, 0.2) is 0 Å². The van der Waals surface area contributed by atoms with Crippen LogP contribution in [-0.4, -0.2) is 113 Å². The van der Waals surface area contributed by atoms with Gasteiger partial charge in [0.05, 0.1) is 65.9 Å². The van der Waals surface area contributed by atoms with Crippen LogP contribution in [0.2, 0.25) is 0 Å². The second kappa shape index (κ2) is 15.6. The number of hydrazine groups is 1. The second-order valence-electron chi connectivity index (χ2n) is 17.0. The van der Waals surface area contributed by atoms with E-state index in [1.807, 2.05) is 51.4 Å². The van der Waals surface area contributed by atoms with Gasteiger partial charge in [0.1, 0.15) is 12.6 Å². The van der Waals surface area contributed by atoms with Crippen molar-refractivity contribution in [2.75, 3.05) is 57.4 Å². The van der Waals surface area contributed by atoms with E-state index in [1.165, 1.54) is 20.9 Å². The highest BCUT2D eigenvalue weighted by Gasteiger charge is 2.37. The van der Waals surface area contributed by atoms with Gasteiger partial charge in [-0.15, -0.1) is 11.3 Å². The number of pyridine rings is 1. The smallest absolute Gasteiger partial charge is 0.406 e. The van der Waals surface area contributed by atoms with Crippen molar-refractivity contribution < 1.29 is 32.2 Å². The van der Waals surface area contributed by atoms with E-state index in [1.54, 1.807) is 12.1 Å². The van der Waals surface area contributed by atoms with Crippen molar-refractivity contribution >= 4 is 39.8 Å². The summed E-state index contributed by atoms with van der Waals surface area (Å²) >= 11 is 1.38. The molecule has 306 valence electrons. The lowest BCUT2D eigenvalue weighted by Gasteiger charge is -2.44. The molecule has 3 atom stereocenters. The highest BCUT2D eigenvalue weighted by Crippen LogP contribution is 2.44. The van der Waals surface area contributed by atoms with Gasteiger partial charge in [0, 0.05) is 72.0 Å². The van der Waals surface area contributed by atoms with E-state index >= 15 is 0 Å². The molecule has 3 aromatic heterocycles. The number of piperazine rings is 1. The van der Waals surface area contributed by atoms with Gasteiger partial charge in [-0.2, -0.15) is 13.2 Å². The predicted octanol–water partition coefficient (Wildman–Crippen LogP) is 5.52. The summed E-state index contributed by atoms with van der Waals surface area (Å²) in [5, 5.41) is 4.62. The fourth-order valence-electron chi connectivity index (χ4n) is 8.71. The number of rotatable bonds is 4. The predicted molar refractivity (Wildman–Crippen MR) is 213 cm³/mol. The van der Waals surface area contributed by atoms with Gasteiger partial charge in [-0.05, 0) is 48.9 Å². The molecule has 3 fully saturated rings. The average Bonchev–Trinajstić information content (AvgIpc) is 3.76. The third-order valence-corrected chi connectivity index (χ3v) is 12.4. The minimum absolute atomic E-state index is 0.00105. The summed E-state index contributed by atoms with van der Waals surface area (Å²) in [5.41, 5.74) is 13.9. The molecular weight excluding hydrogens is 758 g/mol. The molecular formula is C41H51F3N8O4S. The minimum Gasteiger partial charge on any atom is -0.464 e. The monoisotopic (exact) mass is 808 g/mol. The number of benzene rings is 1. The lowest BCUT2D eigenvalue weighted by atomic mass is 9.84. The van der Waals surface area contributed by atoms with Gasteiger partial charge in [0.2, 0.25) is 0 Å². The number of fused-ring (bicyclic) bond motifs is 7. The molecule has 1 amide bonds. The third kappa shape index (κ3) is 8.29. The number of aromatic nitrogens is 3. The molecule has 8 rings (SSSR count). The zero-order chi connectivity index (χ0) is 40.2. The first-order valence-corrected chi connectivity index (χ1v) is 20.8. The molecule has 0 spiro atoms. The highest BCUT2D eigenvalue weighted by atomic mass is 32.1. The number of carbonyl (C=O) groups is 2. The van der Waals surface area contributed by atoms with E-state index in [0.29, 0.717) is 77.6 Å². The van der Waals surface area contributed by atoms with Crippen molar-refractivity contribution in [2.24, 2.45) is 11.1 Å². The summed E-state index contributed by atoms with van der Waals surface area (Å²) in [4.78, 5) is 41.4. The number of hydrogen-bond donors (Lipinski definition) is 2. The number of thiazole rings is 1. The highest BCUT2D eigenvalue weighted by molar-refractivity contribution is 7.10. The summed E-state index contributed by atoms with van der Waals surface area (Å²) in [6.07, 6.45) is -1.13. The number of nitrogens with one attached hydrogen (secondary N) is 1. The Kier molecular flexibility index (Phi) is 10.9. The normalized spacial score (nSPS) is 23.8. The number of cyclic esters (lactones) is 1. The van der Waals surface area contributed by atoms with Crippen LogP contribution in [0.25, 0.3) is 33.4 Å². The van der Waals surface area contributed by atoms with Gasteiger partial charge >= 0.3 is 12.1 Å². The molecule has 57 heavy (non-hydrogen) atoms. The number of carbonyl (C=O) groups excluding carboxylic acids is 2. The van der Waals surface area contributed by atoms with Gasteiger partial charge in [-0.3, -0.25) is 24.5 Å². The molecule has 4 aliphatic rings. The Morgan fingerprint density at radius 1 is 1.12 bits per heavy atom. The van der Waals surface area contributed by atoms with Crippen LogP contribution < -0.4 is 16.1 Å². The molecule has 0 radical (unpaired) electrons. The summed E-state index contributed by atoms with van der Waals surface area (Å²) < 4.78 is 57.6. The Balaban J connectivity index is 1.30. The van der Waals surface area contributed by atoms with E-state index in [4.69, 9.17) is 25.2 Å². The molecule has 0 aliphatic carbocycles. The van der Waals surface area contributed by atoms with Crippen LogP contribution in [0.3, 0.4) is 0 Å². The van der Waals surface area contributed by atoms with Crippen molar-refractivity contribution in [1.82, 2.24) is 29.9 Å². The maximum absolute atomic E-state index is 14.8. The molecule has 12 nitrogen and oxygen atoms in total.